The third kappa shape index (κ3) is 7.63. The van der Waals surface area contributed by atoms with Gasteiger partial charge in [0.15, 0.2) is 5.60 Å². The SMILES string of the molecule is C=CCN1C(=O)[C@]2(O[C@H](CCn3cc(C(CO)c4ccccc4)nn3)[C@@H]([Si](C)(C)F)[C@@H]2C)c2cc(N3C(=O)C(NCCCCO)Cc4cc(OCC)ccc43)ccc21. The standard InChI is InChI=1S/C44H55FN6O6Si/c1-6-21-50-39-17-15-32(51-38-18-16-33(56-7-2)24-31(38)25-36(42(51)54)46-20-11-12-23-52)26-35(39)44(43(50)55)29(3)41(58(4,5)45)40(57-44)19-22-49-27-37(47-48-49)34(28-53)30-13-9-8-10-14-30/h6,8-10,13-18,24,26-27,29,34,36,40-41,46,52-53H,1,7,11-12,19-23,25,28H2,2-5H3/t29-,34?,36?,40+,41-,44+/m0/s1. The highest BCUT2D eigenvalue weighted by atomic mass is 28.4. The molecule has 1 aromatic heterocycles. The fourth-order valence-electron chi connectivity index (χ4n) is 9.37. The lowest BCUT2D eigenvalue weighted by atomic mass is 9.82. The van der Waals surface area contributed by atoms with Crippen LogP contribution in [0.4, 0.5) is 21.2 Å². The molecule has 12 nitrogen and oxygen atoms in total. The Hall–Kier alpha value is -4.73. The Bertz CT molecular complexity index is 2110. The predicted octanol–water partition coefficient (Wildman–Crippen LogP) is 6.15. The van der Waals surface area contributed by atoms with Crippen molar-refractivity contribution < 1.29 is 33.4 Å². The molecule has 0 bridgehead atoms. The van der Waals surface area contributed by atoms with Gasteiger partial charge < -0.3 is 34.0 Å². The van der Waals surface area contributed by atoms with Crippen molar-refractivity contribution in [2.45, 2.75) is 88.4 Å². The molecule has 0 saturated carbocycles. The van der Waals surface area contributed by atoms with Gasteiger partial charge in [0.2, 0.25) is 14.3 Å². The van der Waals surface area contributed by atoms with Crippen LogP contribution in [0.25, 0.3) is 0 Å². The summed E-state index contributed by atoms with van der Waals surface area (Å²) in [5.41, 5.74) is 2.97. The van der Waals surface area contributed by atoms with Crippen molar-refractivity contribution in [3.63, 3.8) is 0 Å². The lowest BCUT2D eigenvalue weighted by Crippen LogP contribution is -2.49. The van der Waals surface area contributed by atoms with Crippen molar-refractivity contribution in [2.24, 2.45) is 5.92 Å². The number of anilines is 3. The van der Waals surface area contributed by atoms with Crippen LogP contribution in [0.5, 0.6) is 5.75 Å². The molecule has 3 aromatic carbocycles. The summed E-state index contributed by atoms with van der Waals surface area (Å²) in [7, 11) is -3.48. The maximum Gasteiger partial charge on any atom is 0.264 e. The number of nitrogens with zero attached hydrogens (tertiary/aromatic N) is 5. The number of benzene rings is 3. The van der Waals surface area contributed by atoms with Gasteiger partial charge >= 0.3 is 0 Å². The van der Waals surface area contributed by atoms with Crippen LogP contribution in [0, 0.1) is 5.92 Å². The van der Waals surface area contributed by atoms with Crippen molar-refractivity contribution in [2.75, 3.05) is 42.7 Å². The number of unbranched alkanes of at least 4 members (excludes halogenated alkanes) is 1. The molecule has 1 saturated heterocycles. The van der Waals surface area contributed by atoms with Gasteiger partial charge in [0.1, 0.15) is 5.75 Å². The quantitative estimate of drug-likeness (QED) is 0.0496. The lowest BCUT2D eigenvalue weighted by Gasteiger charge is -2.36. The molecule has 14 heteroatoms. The van der Waals surface area contributed by atoms with Crippen molar-refractivity contribution in [1.82, 2.24) is 20.3 Å². The van der Waals surface area contributed by atoms with E-state index in [1.54, 1.807) is 33.7 Å². The maximum absolute atomic E-state index is 16.7. The van der Waals surface area contributed by atoms with Gasteiger partial charge in [-0.25, -0.2) is 0 Å². The van der Waals surface area contributed by atoms with Crippen molar-refractivity contribution in [1.29, 1.82) is 0 Å². The van der Waals surface area contributed by atoms with E-state index in [9.17, 15) is 19.8 Å². The topological polar surface area (TPSA) is 142 Å². The highest BCUT2D eigenvalue weighted by molar-refractivity contribution is 6.72. The molecule has 2 unspecified atom stereocenters. The Labute approximate surface area is 340 Å². The van der Waals surface area contributed by atoms with E-state index >= 15 is 4.11 Å². The molecule has 1 fully saturated rings. The molecule has 3 N–H and O–H groups in total. The number of rotatable bonds is 17. The van der Waals surface area contributed by atoms with E-state index in [1.165, 1.54) is 0 Å². The van der Waals surface area contributed by atoms with Gasteiger partial charge in [-0.15, -0.1) is 11.7 Å². The molecule has 308 valence electrons. The Morgan fingerprint density at radius 2 is 1.88 bits per heavy atom. The first kappa shape index (κ1) is 41.4. The Kier molecular flexibility index (Phi) is 12.3. The zero-order chi connectivity index (χ0) is 41.2. The lowest BCUT2D eigenvalue weighted by molar-refractivity contribution is -0.145. The number of amides is 2. The van der Waals surface area contributed by atoms with Crippen LogP contribution in [0.1, 0.15) is 61.4 Å². The smallest absolute Gasteiger partial charge is 0.264 e. The molecule has 4 heterocycles. The number of carbonyl (C=O) groups is 2. The van der Waals surface area contributed by atoms with Crippen molar-refractivity contribution in [3.05, 3.63) is 108 Å². The minimum Gasteiger partial charge on any atom is -0.494 e. The van der Waals surface area contributed by atoms with E-state index in [0.29, 0.717) is 67.3 Å². The fourth-order valence-corrected chi connectivity index (χ4v) is 11.9. The normalized spacial score (nSPS) is 23.4. The number of halogens is 1. The second-order valence-corrected chi connectivity index (χ2v) is 19.9. The fraction of sp³-hybridized carbons (Fsp3) is 0.455. The molecule has 2 amide bonds. The molecule has 0 aliphatic carbocycles. The largest absolute Gasteiger partial charge is 0.494 e. The second-order valence-electron chi connectivity index (χ2n) is 16.1. The average molecular weight is 811 g/mol. The van der Waals surface area contributed by atoms with Gasteiger partial charge in [0, 0.05) is 48.6 Å². The number of hydrogen-bond donors (Lipinski definition) is 3. The summed E-state index contributed by atoms with van der Waals surface area (Å²) in [5, 5.41) is 31.7. The van der Waals surface area contributed by atoms with E-state index in [2.05, 4.69) is 22.2 Å². The van der Waals surface area contributed by atoms with E-state index in [0.717, 1.165) is 23.2 Å². The minimum atomic E-state index is -3.48. The van der Waals surface area contributed by atoms with Gasteiger partial charge in [0.05, 0.1) is 48.3 Å². The predicted molar refractivity (Wildman–Crippen MR) is 224 cm³/mol. The van der Waals surface area contributed by atoms with Gasteiger partial charge in [-0.05, 0) is 99.8 Å². The highest BCUT2D eigenvalue weighted by Gasteiger charge is 2.66. The minimum absolute atomic E-state index is 0.0803. The molecule has 7 rings (SSSR count). The number of hydrogen-bond acceptors (Lipinski definition) is 9. The molecule has 6 atom stereocenters. The summed E-state index contributed by atoms with van der Waals surface area (Å²) in [6.45, 7) is 12.7. The summed E-state index contributed by atoms with van der Waals surface area (Å²) in [6.07, 6.45) is 5.04. The van der Waals surface area contributed by atoms with Crippen LogP contribution in [0.3, 0.4) is 0 Å². The number of ether oxygens (including phenoxy) is 2. The highest BCUT2D eigenvalue weighted by Crippen LogP contribution is 2.61. The number of aliphatic hydroxyl groups is 2. The second kappa shape index (κ2) is 17.2. The molecule has 58 heavy (non-hydrogen) atoms. The summed E-state index contributed by atoms with van der Waals surface area (Å²) in [6, 6.07) is 20.4. The van der Waals surface area contributed by atoms with Crippen LogP contribution >= 0.6 is 0 Å². The van der Waals surface area contributed by atoms with Crippen LogP contribution < -0.4 is 19.9 Å². The molecule has 3 aliphatic rings. The number of nitrogens with one attached hydrogen (secondary N) is 1. The number of aromatic nitrogens is 3. The first-order chi connectivity index (χ1) is 28.0. The zero-order valence-corrected chi connectivity index (χ0v) is 34.8. The van der Waals surface area contributed by atoms with Crippen LogP contribution in [0.15, 0.2) is 85.6 Å². The van der Waals surface area contributed by atoms with E-state index in [-0.39, 0.29) is 37.5 Å². The number of aliphatic hydroxyl groups excluding tert-OH is 2. The first-order valence-corrected chi connectivity index (χ1v) is 23.4. The molecule has 4 aromatic rings. The number of carbonyl (C=O) groups excluding carboxylic acids is 2. The van der Waals surface area contributed by atoms with Crippen molar-refractivity contribution in [3.8, 4) is 5.75 Å². The first-order valence-electron chi connectivity index (χ1n) is 20.4. The third-order valence-corrected chi connectivity index (χ3v) is 14.4. The Morgan fingerprint density at radius 3 is 2.59 bits per heavy atom. The molecule has 0 radical (unpaired) electrons. The average Bonchev–Trinajstić information content (AvgIpc) is 3.86. The monoisotopic (exact) mass is 810 g/mol. The molecular formula is C44H55FN6O6Si. The third-order valence-electron chi connectivity index (χ3n) is 12.0. The molecule has 3 aliphatic heterocycles. The molecule has 1 spiro atoms. The van der Waals surface area contributed by atoms with E-state index in [4.69, 9.17) is 9.47 Å². The van der Waals surface area contributed by atoms with Crippen LogP contribution in [-0.4, -0.2) is 90.5 Å². The van der Waals surface area contributed by atoms with Gasteiger partial charge in [-0.2, -0.15) is 0 Å². The van der Waals surface area contributed by atoms with Gasteiger partial charge in [-0.3, -0.25) is 19.2 Å². The zero-order valence-electron chi connectivity index (χ0n) is 33.8. The van der Waals surface area contributed by atoms with Crippen molar-refractivity contribution >= 4 is 37.3 Å². The van der Waals surface area contributed by atoms with Gasteiger partial charge in [-0.1, -0.05) is 48.5 Å². The maximum atomic E-state index is 16.7. The summed E-state index contributed by atoms with van der Waals surface area (Å²) >= 11 is 0. The van der Waals surface area contributed by atoms with Gasteiger partial charge in [0.25, 0.3) is 5.91 Å². The Morgan fingerprint density at radius 1 is 1.10 bits per heavy atom. The van der Waals surface area contributed by atoms with Crippen LogP contribution in [-0.2, 0) is 32.9 Å². The summed E-state index contributed by atoms with van der Waals surface area (Å²) < 4.78 is 31.3. The summed E-state index contributed by atoms with van der Waals surface area (Å²) in [4.78, 5) is 32.7. The number of fused-ring (bicyclic) bond motifs is 3. The summed E-state index contributed by atoms with van der Waals surface area (Å²) in [5.74, 6) is -0.583. The Balaban J connectivity index is 1.24. The van der Waals surface area contributed by atoms with Crippen LogP contribution in [0.2, 0.25) is 18.6 Å². The number of aryl methyl sites for hydroxylation is 1. The van der Waals surface area contributed by atoms with E-state index < -0.39 is 37.6 Å². The van der Waals surface area contributed by atoms with E-state index in [1.807, 2.05) is 86.8 Å². The molecular weight excluding hydrogens is 756 g/mol.